The molecule has 1 N–H and O–H groups in total. The van der Waals surface area contributed by atoms with Gasteiger partial charge in [-0.1, -0.05) is 35.3 Å². The normalized spacial score (nSPS) is 10.9. The molecule has 0 aliphatic heterocycles. The van der Waals surface area contributed by atoms with E-state index >= 15 is 0 Å². The molecule has 0 spiro atoms. The number of amides is 1. The van der Waals surface area contributed by atoms with Crippen LogP contribution >= 0.6 is 23.2 Å². The Kier molecular flexibility index (Phi) is 5.13. The number of aromatic nitrogens is 1. The van der Waals surface area contributed by atoms with Gasteiger partial charge < -0.3 is 14.5 Å². The van der Waals surface area contributed by atoms with Gasteiger partial charge in [0.15, 0.2) is 11.3 Å². The number of nitrogens with zero attached hydrogens (tertiary/aromatic N) is 1. The van der Waals surface area contributed by atoms with Gasteiger partial charge in [-0.3, -0.25) is 4.79 Å². The van der Waals surface area contributed by atoms with E-state index in [1.54, 1.807) is 36.4 Å². The summed E-state index contributed by atoms with van der Waals surface area (Å²) in [7, 11) is 1.44. The fourth-order valence-electron chi connectivity index (χ4n) is 2.84. The van der Waals surface area contributed by atoms with E-state index in [0.29, 0.717) is 22.5 Å². The van der Waals surface area contributed by atoms with E-state index in [-0.39, 0.29) is 27.1 Å². The molecule has 1 amide bonds. The number of hydrogen-bond acceptors (Lipinski definition) is 4. The average molecular weight is 431 g/mol. The molecule has 8 heteroatoms. The maximum absolute atomic E-state index is 14.0. The smallest absolute Gasteiger partial charge is 0.255 e. The van der Waals surface area contributed by atoms with Gasteiger partial charge in [0.2, 0.25) is 5.89 Å². The van der Waals surface area contributed by atoms with Crippen LogP contribution in [0.15, 0.2) is 59.0 Å². The van der Waals surface area contributed by atoms with Gasteiger partial charge in [0.05, 0.1) is 22.7 Å². The highest BCUT2D eigenvalue weighted by atomic mass is 35.5. The summed E-state index contributed by atoms with van der Waals surface area (Å²) in [6.07, 6.45) is 0. The maximum Gasteiger partial charge on any atom is 0.255 e. The first-order chi connectivity index (χ1) is 14.0. The number of carbonyl (C=O) groups is 1. The van der Waals surface area contributed by atoms with Crippen molar-refractivity contribution in [3.8, 4) is 17.2 Å². The predicted molar refractivity (Wildman–Crippen MR) is 110 cm³/mol. The summed E-state index contributed by atoms with van der Waals surface area (Å²) >= 11 is 12.2. The molecule has 0 atom stereocenters. The second kappa shape index (κ2) is 7.73. The molecule has 0 aliphatic carbocycles. The average Bonchev–Trinajstić information content (AvgIpc) is 3.11. The summed E-state index contributed by atoms with van der Waals surface area (Å²) in [6, 6.07) is 14.1. The Labute approximate surface area is 175 Å². The Bertz CT molecular complexity index is 1220. The Morgan fingerprint density at radius 3 is 2.52 bits per heavy atom. The molecule has 0 bridgehead atoms. The molecule has 0 saturated carbocycles. The van der Waals surface area contributed by atoms with Crippen LogP contribution < -0.4 is 10.1 Å². The lowest BCUT2D eigenvalue weighted by Crippen LogP contribution is -2.12. The number of halogens is 3. The molecule has 0 fully saturated rings. The van der Waals surface area contributed by atoms with Crippen LogP contribution in [0.25, 0.3) is 22.6 Å². The fraction of sp³-hybridized carbons (Fsp3) is 0.0476. The highest BCUT2D eigenvalue weighted by Crippen LogP contribution is 2.34. The minimum atomic E-state index is -0.430. The van der Waals surface area contributed by atoms with Gasteiger partial charge in [0, 0.05) is 11.3 Å². The standard InChI is InChI=1S/C21H13Cl2FN2O3/c1-28-19-14(22)8-11(9-15(19)23)20(27)25-12-6-7-18-17(10-12)26-21(29-18)13-4-2-3-5-16(13)24/h2-10H,1H3,(H,25,27). The van der Waals surface area contributed by atoms with Gasteiger partial charge in [0.25, 0.3) is 5.91 Å². The van der Waals surface area contributed by atoms with Crippen molar-refractivity contribution >= 4 is 45.9 Å². The molecule has 1 aromatic heterocycles. The molecule has 0 radical (unpaired) electrons. The molecule has 4 rings (SSSR count). The predicted octanol–water partition coefficient (Wildman–Crippen LogP) is 6.20. The Morgan fingerprint density at radius 2 is 1.83 bits per heavy atom. The quantitative estimate of drug-likeness (QED) is 0.418. The van der Waals surface area contributed by atoms with Crippen LogP contribution in [0.5, 0.6) is 5.75 Å². The second-order valence-corrected chi connectivity index (χ2v) is 6.92. The molecule has 0 saturated heterocycles. The molecule has 0 unspecified atom stereocenters. The minimum absolute atomic E-state index is 0.162. The van der Waals surface area contributed by atoms with E-state index in [2.05, 4.69) is 10.3 Å². The highest BCUT2D eigenvalue weighted by molar-refractivity contribution is 6.37. The van der Waals surface area contributed by atoms with Crippen LogP contribution in [0.1, 0.15) is 10.4 Å². The summed E-state index contributed by atoms with van der Waals surface area (Å²) < 4.78 is 24.7. The number of nitrogens with one attached hydrogen (secondary N) is 1. The minimum Gasteiger partial charge on any atom is -0.494 e. The van der Waals surface area contributed by atoms with Crippen molar-refractivity contribution in [2.24, 2.45) is 0 Å². The van der Waals surface area contributed by atoms with Gasteiger partial charge in [-0.15, -0.1) is 0 Å². The van der Waals surface area contributed by atoms with Crippen molar-refractivity contribution in [1.82, 2.24) is 4.98 Å². The van der Waals surface area contributed by atoms with Crippen LogP contribution in [0, 0.1) is 5.82 Å². The van der Waals surface area contributed by atoms with Gasteiger partial charge >= 0.3 is 0 Å². The van der Waals surface area contributed by atoms with Crippen molar-refractivity contribution in [2.45, 2.75) is 0 Å². The second-order valence-electron chi connectivity index (χ2n) is 6.11. The zero-order valence-electron chi connectivity index (χ0n) is 15.0. The van der Waals surface area contributed by atoms with E-state index in [9.17, 15) is 9.18 Å². The number of anilines is 1. The van der Waals surface area contributed by atoms with Crippen molar-refractivity contribution in [2.75, 3.05) is 12.4 Å². The van der Waals surface area contributed by atoms with E-state index in [1.807, 2.05) is 0 Å². The van der Waals surface area contributed by atoms with Crippen LogP contribution in [-0.4, -0.2) is 18.0 Å². The largest absolute Gasteiger partial charge is 0.494 e. The molecule has 1 heterocycles. The number of methoxy groups -OCH3 is 1. The summed E-state index contributed by atoms with van der Waals surface area (Å²) in [5.41, 5.74) is 1.97. The summed E-state index contributed by atoms with van der Waals surface area (Å²) in [4.78, 5) is 16.9. The van der Waals surface area contributed by atoms with Crippen LogP contribution in [0.3, 0.4) is 0 Å². The van der Waals surface area contributed by atoms with Gasteiger partial charge in [0.1, 0.15) is 11.3 Å². The first-order valence-corrected chi connectivity index (χ1v) is 9.21. The van der Waals surface area contributed by atoms with E-state index in [1.165, 1.54) is 25.3 Å². The number of benzene rings is 3. The molecule has 146 valence electrons. The molecule has 0 aliphatic rings. The number of carbonyl (C=O) groups excluding carboxylic acids is 1. The topological polar surface area (TPSA) is 64.4 Å². The number of ether oxygens (including phenoxy) is 1. The number of fused-ring (bicyclic) bond motifs is 1. The highest BCUT2D eigenvalue weighted by Gasteiger charge is 2.16. The SMILES string of the molecule is COc1c(Cl)cc(C(=O)Nc2ccc3oc(-c4ccccc4F)nc3c2)cc1Cl. The Balaban J connectivity index is 1.62. The van der Waals surface area contributed by atoms with Gasteiger partial charge in [-0.05, 0) is 42.5 Å². The van der Waals surface area contributed by atoms with Crippen molar-refractivity contribution in [3.05, 3.63) is 76.0 Å². The van der Waals surface area contributed by atoms with Crippen molar-refractivity contribution in [1.29, 1.82) is 0 Å². The lowest BCUT2D eigenvalue weighted by molar-refractivity contribution is 0.102. The third kappa shape index (κ3) is 3.77. The van der Waals surface area contributed by atoms with E-state index in [4.69, 9.17) is 32.4 Å². The fourth-order valence-corrected chi connectivity index (χ4v) is 3.49. The zero-order chi connectivity index (χ0) is 20.5. The number of rotatable bonds is 4. The Morgan fingerprint density at radius 1 is 1.10 bits per heavy atom. The van der Waals surface area contributed by atoms with E-state index in [0.717, 1.165) is 0 Å². The van der Waals surface area contributed by atoms with Crippen molar-refractivity contribution < 1.29 is 18.3 Å². The van der Waals surface area contributed by atoms with Gasteiger partial charge in [-0.25, -0.2) is 9.37 Å². The molecule has 29 heavy (non-hydrogen) atoms. The zero-order valence-corrected chi connectivity index (χ0v) is 16.5. The summed E-state index contributed by atoms with van der Waals surface area (Å²) in [5, 5.41) is 3.21. The monoisotopic (exact) mass is 430 g/mol. The van der Waals surface area contributed by atoms with Crippen LogP contribution in [0.2, 0.25) is 10.0 Å². The van der Waals surface area contributed by atoms with Gasteiger partial charge in [-0.2, -0.15) is 0 Å². The Hall–Kier alpha value is -3.09. The van der Waals surface area contributed by atoms with Crippen LogP contribution in [-0.2, 0) is 0 Å². The van der Waals surface area contributed by atoms with Crippen molar-refractivity contribution in [3.63, 3.8) is 0 Å². The van der Waals surface area contributed by atoms with E-state index < -0.39 is 11.7 Å². The lowest BCUT2D eigenvalue weighted by atomic mass is 10.2. The van der Waals surface area contributed by atoms with Crippen LogP contribution in [0.4, 0.5) is 10.1 Å². The number of hydrogen-bond donors (Lipinski definition) is 1. The first-order valence-electron chi connectivity index (χ1n) is 8.46. The third-order valence-electron chi connectivity index (χ3n) is 4.21. The molecule has 5 nitrogen and oxygen atoms in total. The first kappa shape index (κ1) is 19.2. The molecule has 3 aromatic carbocycles. The summed E-state index contributed by atoms with van der Waals surface area (Å²) in [5.74, 6) is -0.376. The molecular formula is C21H13Cl2FN2O3. The molecule has 4 aromatic rings. The lowest BCUT2D eigenvalue weighted by Gasteiger charge is -2.09. The summed E-state index contributed by atoms with van der Waals surface area (Å²) in [6.45, 7) is 0. The molecular weight excluding hydrogens is 418 g/mol. The third-order valence-corrected chi connectivity index (χ3v) is 4.78. The number of oxazole rings is 1. The maximum atomic E-state index is 14.0.